The predicted octanol–water partition coefficient (Wildman–Crippen LogP) is 4.60. The molecule has 0 spiro atoms. The third kappa shape index (κ3) is 10.8. The quantitative estimate of drug-likeness (QED) is 0.242. The number of unbranched alkanes of at least 4 members (excludes halogenated alkanes) is 2. The number of carboxylic acids is 1. The van der Waals surface area contributed by atoms with E-state index in [-0.39, 0.29) is 49.3 Å². The van der Waals surface area contributed by atoms with Gasteiger partial charge in [0.25, 0.3) is 0 Å². The van der Waals surface area contributed by atoms with Crippen LogP contribution in [0.15, 0.2) is 18.2 Å². The summed E-state index contributed by atoms with van der Waals surface area (Å²) in [6, 6.07) is 3.23. The minimum absolute atomic E-state index is 0.0186. The minimum atomic E-state index is -1.31. The summed E-state index contributed by atoms with van der Waals surface area (Å²) in [5.41, 5.74) is 6.50. The van der Waals surface area contributed by atoms with Gasteiger partial charge < -0.3 is 25.1 Å². The Bertz CT molecular complexity index is 883. The first-order valence-electron chi connectivity index (χ1n) is 12.7. The van der Waals surface area contributed by atoms with Crippen molar-refractivity contribution < 1.29 is 38.5 Å². The fourth-order valence-corrected chi connectivity index (χ4v) is 3.65. The topological polar surface area (TPSA) is 142 Å². The predicted molar refractivity (Wildman–Crippen MR) is 135 cm³/mol. The van der Waals surface area contributed by atoms with Gasteiger partial charge in [-0.2, -0.15) is 0 Å². The second-order valence-electron chi connectivity index (χ2n) is 9.51. The first-order chi connectivity index (χ1) is 17.0. The Kier molecular flexibility index (Phi) is 13.8. The van der Waals surface area contributed by atoms with Crippen LogP contribution in [0.1, 0.15) is 91.0 Å². The number of carbonyl (C=O) groups excluding carboxylic acids is 3. The SMILES string of the molecule is CCCCC(=O)Oc1ccc(C(C(C)COC(=O)CC(C)C)[C@H](N)C(=O)O)cc1OC(=O)CCCC. The van der Waals surface area contributed by atoms with Crippen molar-refractivity contribution in [1.29, 1.82) is 0 Å². The summed E-state index contributed by atoms with van der Waals surface area (Å²) in [6.45, 7) is 9.40. The van der Waals surface area contributed by atoms with Crippen LogP contribution in [0.25, 0.3) is 0 Å². The fourth-order valence-electron chi connectivity index (χ4n) is 3.65. The Balaban J connectivity index is 3.29. The third-order valence-corrected chi connectivity index (χ3v) is 5.64. The second kappa shape index (κ2) is 15.9. The summed E-state index contributed by atoms with van der Waals surface area (Å²) in [7, 11) is 0. The van der Waals surface area contributed by atoms with Crippen molar-refractivity contribution in [1.82, 2.24) is 0 Å². The second-order valence-corrected chi connectivity index (χ2v) is 9.51. The van der Waals surface area contributed by atoms with Crippen LogP contribution in [0.3, 0.4) is 0 Å². The lowest BCUT2D eigenvalue weighted by atomic mass is 9.82. The van der Waals surface area contributed by atoms with Crippen LogP contribution in [0.5, 0.6) is 11.5 Å². The molecule has 3 atom stereocenters. The molecule has 1 aromatic rings. The Hall–Kier alpha value is -2.94. The van der Waals surface area contributed by atoms with E-state index in [1.165, 1.54) is 12.1 Å². The van der Waals surface area contributed by atoms with Gasteiger partial charge >= 0.3 is 23.9 Å². The van der Waals surface area contributed by atoms with Gasteiger partial charge in [-0.25, -0.2) is 0 Å². The van der Waals surface area contributed by atoms with Crippen molar-refractivity contribution in [3.63, 3.8) is 0 Å². The Morgan fingerprint density at radius 3 is 1.94 bits per heavy atom. The molecule has 0 saturated carbocycles. The molecule has 9 heteroatoms. The van der Waals surface area contributed by atoms with Gasteiger partial charge in [-0.3, -0.25) is 19.2 Å². The zero-order chi connectivity index (χ0) is 27.3. The van der Waals surface area contributed by atoms with Gasteiger partial charge in [0, 0.05) is 25.2 Å². The van der Waals surface area contributed by atoms with Gasteiger partial charge in [0.05, 0.1) is 6.61 Å². The van der Waals surface area contributed by atoms with E-state index >= 15 is 0 Å². The molecule has 9 nitrogen and oxygen atoms in total. The maximum absolute atomic E-state index is 12.4. The summed E-state index contributed by atoms with van der Waals surface area (Å²) < 4.78 is 16.3. The van der Waals surface area contributed by atoms with Crippen molar-refractivity contribution in [2.24, 2.45) is 17.6 Å². The molecule has 202 valence electrons. The van der Waals surface area contributed by atoms with Crippen molar-refractivity contribution in [2.45, 2.75) is 91.5 Å². The molecule has 0 aliphatic carbocycles. The maximum atomic E-state index is 12.4. The number of ether oxygens (including phenoxy) is 3. The molecule has 3 N–H and O–H groups in total. The minimum Gasteiger partial charge on any atom is -0.480 e. The molecule has 0 aromatic heterocycles. The number of esters is 3. The van der Waals surface area contributed by atoms with E-state index in [0.29, 0.717) is 18.4 Å². The molecule has 0 heterocycles. The average molecular weight is 508 g/mol. The number of aliphatic carboxylic acids is 1. The molecule has 0 fully saturated rings. The molecule has 0 aliphatic rings. The Morgan fingerprint density at radius 2 is 1.44 bits per heavy atom. The fraction of sp³-hybridized carbons (Fsp3) is 0.630. The maximum Gasteiger partial charge on any atom is 0.321 e. The molecule has 0 bridgehead atoms. The first-order valence-corrected chi connectivity index (χ1v) is 12.7. The van der Waals surface area contributed by atoms with Crippen LogP contribution >= 0.6 is 0 Å². The van der Waals surface area contributed by atoms with E-state index < -0.39 is 35.8 Å². The van der Waals surface area contributed by atoms with Crippen molar-refractivity contribution >= 4 is 23.9 Å². The van der Waals surface area contributed by atoms with Crippen LogP contribution in [-0.4, -0.2) is 41.6 Å². The lowest BCUT2D eigenvalue weighted by Gasteiger charge is -2.28. The van der Waals surface area contributed by atoms with Gasteiger partial charge in [-0.15, -0.1) is 0 Å². The lowest BCUT2D eigenvalue weighted by molar-refractivity contribution is -0.146. The molecule has 1 rings (SSSR count). The molecule has 2 unspecified atom stereocenters. The van der Waals surface area contributed by atoms with Crippen LogP contribution in [0.2, 0.25) is 0 Å². The molecule has 0 amide bonds. The molecule has 0 saturated heterocycles. The van der Waals surface area contributed by atoms with Gasteiger partial charge in [0.15, 0.2) is 11.5 Å². The first kappa shape index (κ1) is 31.1. The summed E-state index contributed by atoms with van der Waals surface area (Å²) >= 11 is 0. The highest BCUT2D eigenvalue weighted by molar-refractivity contribution is 5.77. The molecule has 1 aromatic carbocycles. The number of benzene rings is 1. The zero-order valence-corrected chi connectivity index (χ0v) is 22.1. The monoisotopic (exact) mass is 507 g/mol. The highest BCUT2D eigenvalue weighted by Crippen LogP contribution is 2.36. The Morgan fingerprint density at radius 1 is 0.889 bits per heavy atom. The Labute approximate surface area is 213 Å². The average Bonchev–Trinajstić information content (AvgIpc) is 2.81. The van der Waals surface area contributed by atoms with Gasteiger partial charge in [0.2, 0.25) is 0 Å². The van der Waals surface area contributed by atoms with Crippen LogP contribution in [0.4, 0.5) is 0 Å². The van der Waals surface area contributed by atoms with E-state index in [1.54, 1.807) is 13.0 Å². The van der Waals surface area contributed by atoms with Crippen LogP contribution in [-0.2, 0) is 23.9 Å². The lowest BCUT2D eigenvalue weighted by Crippen LogP contribution is -2.40. The van der Waals surface area contributed by atoms with E-state index in [4.69, 9.17) is 19.9 Å². The number of nitrogens with two attached hydrogens (primary N) is 1. The highest BCUT2D eigenvalue weighted by atomic mass is 16.6. The van der Waals surface area contributed by atoms with E-state index in [2.05, 4.69) is 0 Å². The standard InChI is InChI=1S/C27H41NO8/c1-6-8-10-22(29)35-20-13-12-19(15-21(20)36-23(30)11-9-7-2)25(26(28)27(32)33)18(5)16-34-24(31)14-17(3)4/h12-13,15,17-18,25-26H,6-11,14,16,28H2,1-5H3,(H,32,33)/t18?,25?,26-/m0/s1. The molecule has 36 heavy (non-hydrogen) atoms. The van der Waals surface area contributed by atoms with Crippen molar-refractivity contribution in [3.05, 3.63) is 23.8 Å². The smallest absolute Gasteiger partial charge is 0.321 e. The van der Waals surface area contributed by atoms with Crippen molar-refractivity contribution in [2.75, 3.05) is 6.61 Å². The summed E-state index contributed by atoms with van der Waals surface area (Å²) in [4.78, 5) is 48.4. The zero-order valence-electron chi connectivity index (χ0n) is 22.1. The molecule has 0 radical (unpaired) electrons. The number of hydrogen-bond acceptors (Lipinski definition) is 8. The highest BCUT2D eigenvalue weighted by Gasteiger charge is 2.32. The van der Waals surface area contributed by atoms with E-state index in [1.807, 2.05) is 27.7 Å². The summed E-state index contributed by atoms with van der Waals surface area (Å²) in [6.07, 6.45) is 3.56. The molecular weight excluding hydrogens is 466 g/mol. The van der Waals surface area contributed by atoms with Gasteiger partial charge in [-0.1, -0.05) is 53.5 Å². The van der Waals surface area contributed by atoms with Gasteiger partial charge in [-0.05, 0) is 42.4 Å². The van der Waals surface area contributed by atoms with Crippen molar-refractivity contribution in [3.8, 4) is 11.5 Å². The molecule has 0 aliphatic heterocycles. The van der Waals surface area contributed by atoms with Crippen LogP contribution < -0.4 is 15.2 Å². The number of carboxylic acid groups (broad SMARTS) is 1. The number of hydrogen-bond donors (Lipinski definition) is 2. The van der Waals surface area contributed by atoms with E-state index in [0.717, 1.165) is 12.8 Å². The number of carbonyl (C=O) groups is 4. The molecular formula is C27H41NO8. The number of rotatable bonds is 16. The van der Waals surface area contributed by atoms with Gasteiger partial charge in [0.1, 0.15) is 6.04 Å². The van der Waals surface area contributed by atoms with Crippen LogP contribution in [0, 0.1) is 11.8 Å². The summed E-state index contributed by atoms with van der Waals surface area (Å²) in [5, 5.41) is 9.64. The normalized spacial score (nSPS) is 13.5. The van der Waals surface area contributed by atoms with E-state index in [9.17, 15) is 24.3 Å². The summed E-state index contributed by atoms with van der Waals surface area (Å²) in [5.74, 6) is -3.57. The third-order valence-electron chi connectivity index (χ3n) is 5.64. The largest absolute Gasteiger partial charge is 0.480 e.